The molecule has 2 N–H and O–H groups in total. The molecule has 0 saturated heterocycles. The fourth-order valence-corrected chi connectivity index (χ4v) is 3.59. The predicted octanol–water partition coefficient (Wildman–Crippen LogP) is 3.84. The van der Waals surface area contributed by atoms with E-state index >= 15 is 0 Å². The summed E-state index contributed by atoms with van der Waals surface area (Å²) in [5, 5.41) is 1.63. The second-order valence-electron chi connectivity index (χ2n) is 6.39. The molecule has 0 saturated carbocycles. The third-order valence-electron chi connectivity index (χ3n) is 4.65. The molecule has 1 aromatic carbocycles. The van der Waals surface area contributed by atoms with Crippen LogP contribution in [0, 0.1) is 6.92 Å². The van der Waals surface area contributed by atoms with Gasteiger partial charge in [-0.15, -0.1) is 0 Å². The average molecular weight is 355 g/mol. The molecule has 0 fully saturated rings. The van der Waals surface area contributed by atoms with Crippen molar-refractivity contribution in [3.05, 3.63) is 57.9 Å². The van der Waals surface area contributed by atoms with Crippen LogP contribution in [0.5, 0.6) is 0 Å². The summed E-state index contributed by atoms with van der Waals surface area (Å²) in [5.41, 5.74) is 12.3. The second kappa shape index (κ2) is 6.17. The number of nitrogen functional groups attached to an aromatic ring is 1. The van der Waals surface area contributed by atoms with Gasteiger partial charge in [-0.2, -0.15) is 0 Å². The molecule has 3 aromatic rings. The quantitative estimate of drug-likeness (QED) is 0.724. The van der Waals surface area contributed by atoms with Crippen molar-refractivity contribution in [2.75, 3.05) is 17.7 Å². The summed E-state index contributed by atoms with van der Waals surface area (Å²) in [6.07, 6.45) is 0. The van der Waals surface area contributed by atoms with Gasteiger partial charge in [0.05, 0.1) is 30.1 Å². The Labute approximate surface area is 151 Å². The van der Waals surface area contributed by atoms with Crippen molar-refractivity contribution in [1.29, 1.82) is 0 Å². The predicted molar refractivity (Wildman–Crippen MR) is 101 cm³/mol. The van der Waals surface area contributed by atoms with Crippen molar-refractivity contribution in [3.63, 3.8) is 0 Å². The lowest BCUT2D eigenvalue weighted by molar-refractivity contribution is 0.135. The van der Waals surface area contributed by atoms with E-state index in [-0.39, 0.29) is 0 Å². The second-order valence-corrected chi connectivity index (χ2v) is 6.78. The number of pyridine rings is 2. The highest BCUT2D eigenvalue weighted by atomic mass is 35.5. The Bertz CT molecular complexity index is 973. The number of halogens is 1. The molecule has 25 heavy (non-hydrogen) atoms. The zero-order valence-corrected chi connectivity index (χ0v) is 15.0. The first-order chi connectivity index (χ1) is 12.0. The molecule has 0 spiro atoms. The molecule has 0 bridgehead atoms. The standard InChI is InChI=1S/C19H19ClN4O/c1-11-17(5-6-18(20)22-11)24(2)8-12-3-4-13-14-9-25-10-15(14)19(21)23-16(13)7-12/h3-7H,8-10H2,1-2H3,(H2,21,23). The molecule has 0 radical (unpaired) electrons. The largest absolute Gasteiger partial charge is 0.383 e. The van der Waals surface area contributed by atoms with Crippen LogP contribution >= 0.6 is 11.6 Å². The molecular weight excluding hydrogens is 336 g/mol. The van der Waals surface area contributed by atoms with Crippen molar-refractivity contribution in [1.82, 2.24) is 9.97 Å². The molecule has 1 aliphatic heterocycles. The van der Waals surface area contributed by atoms with Gasteiger partial charge in [0.1, 0.15) is 11.0 Å². The van der Waals surface area contributed by atoms with E-state index in [1.165, 1.54) is 5.56 Å². The minimum absolute atomic E-state index is 0.510. The van der Waals surface area contributed by atoms with Crippen molar-refractivity contribution in [2.24, 2.45) is 0 Å². The number of hydrogen-bond acceptors (Lipinski definition) is 5. The molecule has 4 rings (SSSR count). The Hall–Kier alpha value is -2.37. The molecule has 5 nitrogen and oxygen atoms in total. The van der Waals surface area contributed by atoms with E-state index in [0.717, 1.165) is 40.0 Å². The lowest BCUT2D eigenvalue weighted by Crippen LogP contribution is -2.18. The van der Waals surface area contributed by atoms with Crippen LogP contribution in [0.1, 0.15) is 22.4 Å². The van der Waals surface area contributed by atoms with Gasteiger partial charge < -0.3 is 15.4 Å². The Morgan fingerprint density at radius 3 is 2.76 bits per heavy atom. The van der Waals surface area contributed by atoms with E-state index in [9.17, 15) is 0 Å². The van der Waals surface area contributed by atoms with Crippen LogP contribution < -0.4 is 10.6 Å². The minimum Gasteiger partial charge on any atom is -0.383 e. The van der Waals surface area contributed by atoms with Crippen LogP contribution in [0.25, 0.3) is 10.9 Å². The molecule has 0 aliphatic carbocycles. The number of nitrogens with two attached hydrogens (primary N) is 1. The highest BCUT2D eigenvalue weighted by Gasteiger charge is 2.19. The molecule has 3 heterocycles. The number of nitrogens with zero attached hydrogens (tertiary/aromatic N) is 3. The van der Waals surface area contributed by atoms with Gasteiger partial charge >= 0.3 is 0 Å². The van der Waals surface area contributed by atoms with E-state index in [0.29, 0.717) is 24.2 Å². The van der Waals surface area contributed by atoms with Gasteiger partial charge in [0.25, 0.3) is 0 Å². The molecule has 128 valence electrons. The van der Waals surface area contributed by atoms with Crippen molar-refractivity contribution >= 4 is 34.0 Å². The zero-order valence-electron chi connectivity index (χ0n) is 14.2. The van der Waals surface area contributed by atoms with E-state index < -0.39 is 0 Å². The SMILES string of the molecule is Cc1nc(Cl)ccc1N(C)Cc1ccc2c3c(c(N)nc2c1)COC3. The highest BCUT2D eigenvalue weighted by molar-refractivity contribution is 6.29. The first-order valence-corrected chi connectivity index (χ1v) is 8.52. The smallest absolute Gasteiger partial charge is 0.130 e. The van der Waals surface area contributed by atoms with Gasteiger partial charge in [0.2, 0.25) is 0 Å². The van der Waals surface area contributed by atoms with Gasteiger partial charge in [-0.1, -0.05) is 23.7 Å². The Balaban J connectivity index is 1.67. The van der Waals surface area contributed by atoms with E-state index in [2.05, 4.69) is 33.1 Å². The number of rotatable bonds is 3. The first-order valence-electron chi connectivity index (χ1n) is 8.15. The molecule has 0 amide bonds. The third-order valence-corrected chi connectivity index (χ3v) is 4.86. The van der Waals surface area contributed by atoms with Gasteiger partial charge in [0.15, 0.2) is 0 Å². The van der Waals surface area contributed by atoms with E-state index in [1.807, 2.05) is 26.1 Å². The summed E-state index contributed by atoms with van der Waals surface area (Å²) in [5.74, 6) is 0.572. The van der Waals surface area contributed by atoms with Crippen LogP contribution in [0.15, 0.2) is 30.3 Å². The topological polar surface area (TPSA) is 64.3 Å². The molecule has 6 heteroatoms. The van der Waals surface area contributed by atoms with Crippen molar-refractivity contribution in [3.8, 4) is 0 Å². The Morgan fingerprint density at radius 1 is 1.16 bits per heavy atom. The fraction of sp³-hybridized carbons (Fsp3) is 0.263. The summed E-state index contributed by atoms with van der Waals surface area (Å²) in [6.45, 7) is 3.86. The Morgan fingerprint density at radius 2 is 1.96 bits per heavy atom. The fourth-order valence-electron chi connectivity index (χ4n) is 3.40. The maximum atomic E-state index is 6.09. The van der Waals surface area contributed by atoms with Gasteiger partial charge in [-0.25, -0.2) is 9.97 Å². The monoisotopic (exact) mass is 354 g/mol. The maximum absolute atomic E-state index is 6.09. The van der Waals surface area contributed by atoms with Crippen molar-refractivity contribution < 1.29 is 4.74 Å². The summed E-state index contributed by atoms with van der Waals surface area (Å²) >= 11 is 5.95. The zero-order chi connectivity index (χ0) is 17.6. The summed E-state index contributed by atoms with van der Waals surface area (Å²) in [4.78, 5) is 11.0. The molecule has 0 atom stereocenters. The number of ether oxygens (including phenoxy) is 1. The van der Waals surface area contributed by atoms with E-state index in [1.54, 1.807) is 0 Å². The summed E-state index contributed by atoms with van der Waals surface area (Å²) in [6, 6.07) is 10.2. The maximum Gasteiger partial charge on any atom is 0.130 e. The number of hydrogen-bond donors (Lipinski definition) is 1. The van der Waals surface area contributed by atoms with Crippen LogP contribution in [0.4, 0.5) is 11.5 Å². The molecule has 1 aliphatic rings. The van der Waals surface area contributed by atoms with Crippen LogP contribution in [0.3, 0.4) is 0 Å². The lowest BCUT2D eigenvalue weighted by Gasteiger charge is -2.21. The number of fused-ring (bicyclic) bond motifs is 3. The summed E-state index contributed by atoms with van der Waals surface area (Å²) in [7, 11) is 2.04. The number of aryl methyl sites for hydroxylation is 1. The first kappa shape index (κ1) is 16.1. The normalized spacial score (nSPS) is 13.2. The van der Waals surface area contributed by atoms with Gasteiger partial charge in [0, 0.05) is 24.5 Å². The van der Waals surface area contributed by atoms with Gasteiger partial charge in [-0.3, -0.25) is 0 Å². The van der Waals surface area contributed by atoms with Crippen LogP contribution in [-0.4, -0.2) is 17.0 Å². The highest BCUT2D eigenvalue weighted by Crippen LogP contribution is 2.31. The molecule has 2 aromatic heterocycles. The van der Waals surface area contributed by atoms with Crippen molar-refractivity contribution in [2.45, 2.75) is 26.7 Å². The summed E-state index contributed by atoms with van der Waals surface area (Å²) < 4.78 is 5.53. The third kappa shape index (κ3) is 2.90. The Kier molecular flexibility index (Phi) is 3.98. The number of benzene rings is 1. The van der Waals surface area contributed by atoms with E-state index in [4.69, 9.17) is 22.1 Å². The van der Waals surface area contributed by atoms with Crippen LogP contribution in [-0.2, 0) is 24.5 Å². The average Bonchev–Trinajstić information content (AvgIpc) is 3.05. The molecular formula is C19H19ClN4O. The number of aromatic nitrogens is 2. The number of anilines is 2. The lowest BCUT2D eigenvalue weighted by atomic mass is 10.0. The minimum atomic E-state index is 0.510. The molecule has 0 unspecified atom stereocenters. The van der Waals surface area contributed by atoms with Crippen LogP contribution in [0.2, 0.25) is 5.15 Å². The van der Waals surface area contributed by atoms with Gasteiger partial charge in [-0.05, 0) is 36.2 Å².